The summed E-state index contributed by atoms with van der Waals surface area (Å²) in [6.45, 7) is 3.92. The number of carbonyl (C=O) groups excluding carboxylic acids is 1. The molecule has 0 saturated carbocycles. The van der Waals surface area contributed by atoms with Gasteiger partial charge in [0, 0.05) is 36.6 Å². The molecule has 3 aromatic rings. The van der Waals surface area contributed by atoms with Gasteiger partial charge in [-0.1, -0.05) is 0 Å². The van der Waals surface area contributed by atoms with Crippen LogP contribution in [-0.2, 0) is 25.4 Å². The molecule has 2 N–H and O–H groups in total. The molecule has 5 aliphatic rings. The van der Waals surface area contributed by atoms with Gasteiger partial charge in [-0.15, -0.1) is 0 Å². The number of nitrogens with one attached hydrogen (secondary N) is 1. The minimum atomic E-state index is -0.776. The number of hydrogen-bond acceptors (Lipinski definition) is 12. The van der Waals surface area contributed by atoms with Crippen molar-refractivity contribution in [1.82, 2.24) is 20.3 Å². The highest BCUT2D eigenvalue weighted by Gasteiger charge is 2.42. The van der Waals surface area contributed by atoms with Crippen molar-refractivity contribution in [3.8, 4) is 11.3 Å². The van der Waals surface area contributed by atoms with Gasteiger partial charge >= 0.3 is 11.9 Å². The molecule has 0 radical (unpaired) electrons. The van der Waals surface area contributed by atoms with Crippen molar-refractivity contribution in [1.29, 1.82) is 0 Å². The zero-order chi connectivity index (χ0) is 38.7. The normalized spacial score (nSPS) is 22.6. The van der Waals surface area contributed by atoms with E-state index in [0.29, 0.717) is 35.4 Å². The summed E-state index contributed by atoms with van der Waals surface area (Å²) in [5.41, 5.74) is 3.57. The number of allylic oxidation sites excluding steroid dienone is 2. The maximum Gasteiger partial charge on any atom is 0.356 e. The van der Waals surface area contributed by atoms with Gasteiger partial charge in [-0.05, 0) is 67.1 Å². The third kappa shape index (κ3) is 8.39. The fourth-order valence-electron chi connectivity index (χ4n) is 6.78. The number of halogens is 5. The number of rotatable bonds is 6. The number of aromatic nitrogens is 3. The molecule has 2 saturated heterocycles. The zero-order valence-corrected chi connectivity index (χ0v) is 30.5. The number of hydrogen-bond donors (Lipinski definition) is 2. The van der Waals surface area contributed by atoms with Crippen LogP contribution in [0.2, 0.25) is 0 Å². The molecule has 4 bridgehead atoms. The topological polar surface area (TPSA) is 168 Å². The van der Waals surface area contributed by atoms with Crippen LogP contribution >= 0.6 is 15.9 Å². The molecule has 2 fully saturated rings. The Morgan fingerprint density at radius 1 is 0.963 bits per heavy atom. The largest absolute Gasteiger partial charge is 0.479 e. The van der Waals surface area contributed by atoms with Gasteiger partial charge in [0.25, 0.3) is 5.70 Å². The molecule has 4 atom stereocenters. The van der Waals surface area contributed by atoms with Gasteiger partial charge < -0.3 is 29.4 Å². The highest BCUT2D eigenvalue weighted by Crippen LogP contribution is 2.44. The molecular weight excluding hydrogens is 786 g/mol. The molecule has 0 amide bonds. The Bertz CT molecular complexity index is 2060. The quantitative estimate of drug-likeness (QED) is 0.0641. The second-order valence-electron chi connectivity index (χ2n) is 12.6. The van der Waals surface area contributed by atoms with Crippen LogP contribution in [0.25, 0.3) is 11.3 Å². The highest BCUT2D eigenvalue weighted by atomic mass is 79.9. The summed E-state index contributed by atoms with van der Waals surface area (Å²) >= 11 is 2.78. The molecule has 0 aromatic carbocycles. The Morgan fingerprint density at radius 3 is 2.26 bits per heavy atom. The van der Waals surface area contributed by atoms with Crippen LogP contribution in [0, 0.1) is 33.4 Å². The van der Waals surface area contributed by atoms with Crippen molar-refractivity contribution in [2.45, 2.75) is 76.8 Å². The zero-order valence-electron chi connectivity index (χ0n) is 28.9. The average Bonchev–Trinajstić information content (AvgIpc) is 3.73. The Morgan fingerprint density at radius 2 is 1.61 bits per heavy atom. The molecule has 3 aromatic heterocycles. The van der Waals surface area contributed by atoms with Crippen LogP contribution in [0.15, 0.2) is 69.9 Å². The van der Waals surface area contributed by atoms with Crippen LogP contribution in [-0.4, -0.2) is 62.5 Å². The number of nitro groups is 1. The predicted molar refractivity (Wildman–Crippen MR) is 185 cm³/mol. The van der Waals surface area contributed by atoms with E-state index in [9.17, 15) is 37.6 Å². The summed E-state index contributed by atoms with van der Waals surface area (Å²) in [6, 6.07) is 3.02. The number of fused-ring (bicyclic) bond motifs is 7. The van der Waals surface area contributed by atoms with E-state index >= 15 is 0 Å². The second-order valence-corrected chi connectivity index (χ2v) is 13.3. The minimum absolute atomic E-state index is 0.00639. The third-order valence-corrected chi connectivity index (χ3v) is 9.65. The summed E-state index contributed by atoms with van der Waals surface area (Å²) in [5.74, 6) is -3.81. The van der Waals surface area contributed by atoms with Crippen molar-refractivity contribution in [2.24, 2.45) is 0 Å². The van der Waals surface area contributed by atoms with Gasteiger partial charge in [-0.25, -0.2) is 32.3 Å². The van der Waals surface area contributed by atoms with Gasteiger partial charge in [0.2, 0.25) is 0 Å². The maximum absolute atomic E-state index is 14.3. The number of dihydropyridines is 1. The van der Waals surface area contributed by atoms with Crippen molar-refractivity contribution >= 4 is 21.9 Å². The van der Waals surface area contributed by atoms with E-state index in [4.69, 9.17) is 18.9 Å². The Kier molecular flexibility index (Phi) is 11.9. The lowest BCUT2D eigenvalue weighted by atomic mass is 9.94. The van der Waals surface area contributed by atoms with Gasteiger partial charge in [0.05, 0.1) is 65.8 Å². The molecule has 286 valence electrons. The predicted octanol–water partition coefficient (Wildman–Crippen LogP) is 7.22. The first-order valence-electron chi connectivity index (χ1n) is 17.1. The van der Waals surface area contributed by atoms with Crippen LogP contribution in [0.1, 0.15) is 73.8 Å². The number of aliphatic hydroxyl groups is 1. The van der Waals surface area contributed by atoms with Crippen molar-refractivity contribution in [3.05, 3.63) is 120 Å². The van der Waals surface area contributed by atoms with Crippen molar-refractivity contribution in [2.75, 3.05) is 13.2 Å². The third-order valence-electron chi connectivity index (χ3n) is 9.07. The van der Waals surface area contributed by atoms with E-state index < -0.39 is 34.2 Å². The van der Waals surface area contributed by atoms with Crippen LogP contribution in [0.5, 0.6) is 0 Å². The first-order valence-corrected chi connectivity index (χ1v) is 17.9. The van der Waals surface area contributed by atoms with Crippen molar-refractivity contribution in [3.63, 3.8) is 0 Å². The SMILES string of the molecule is CCOC(=O)c1cc(-c2ncc(F)cc2F)c2c(n1)C1CCC(C2)O1.CCOC(O)=C1C=C([N+](=O)[O-])C2=C(N1)C1CCC(C2)O1.Fc1cnc(Br)c(F)c1. The number of ether oxygens (including phenoxy) is 4. The number of pyridine rings is 3. The van der Waals surface area contributed by atoms with Gasteiger partial charge in [-0.2, -0.15) is 0 Å². The molecule has 0 spiro atoms. The molecular formula is C36H34BrF4N5O8. The van der Waals surface area contributed by atoms with E-state index in [0.717, 1.165) is 55.8 Å². The molecule has 4 unspecified atom stereocenters. The molecule has 18 heteroatoms. The van der Waals surface area contributed by atoms with E-state index in [-0.39, 0.29) is 71.0 Å². The molecule has 8 heterocycles. The summed E-state index contributed by atoms with van der Waals surface area (Å²) < 4.78 is 73.5. The minimum Gasteiger partial charge on any atom is -0.479 e. The fourth-order valence-corrected chi connectivity index (χ4v) is 7.00. The number of carbonyl (C=O) groups is 1. The lowest BCUT2D eigenvalue weighted by molar-refractivity contribution is -0.421. The first kappa shape index (κ1) is 38.8. The van der Waals surface area contributed by atoms with E-state index in [2.05, 4.69) is 36.2 Å². The van der Waals surface area contributed by atoms with Gasteiger partial charge in [0.15, 0.2) is 11.6 Å². The monoisotopic (exact) mass is 819 g/mol. The van der Waals surface area contributed by atoms with Crippen molar-refractivity contribution < 1.29 is 51.3 Å². The van der Waals surface area contributed by atoms with E-state index in [1.54, 1.807) is 13.8 Å². The molecule has 54 heavy (non-hydrogen) atoms. The van der Waals surface area contributed by atoms with E-state index in [1.807, 2.05) is 0 Å². The molecule has 0 aliphatic carbocycles. The lowest BCUT2D eigenvalue weighted by Gasteiger charge is -2.29. The smallest absolute Gasteiger partial charge is 0.356 e. The number of aliphatic hydroxyl groups excluding tert-OH is 1. The number of esters is 1. The summed E-state index contributed by atoms with van der Waals surface area (Å²) in [7, 11) is 0. The molecule has 8 rings (SSSR count). The number of nitrogens with zero attached hydrogens (tertiary/aromatic N) is 4. The lowest BCUT2D eigenvalue weighted by Crippen LogP contribution is -2.35. The average molecular weight is 821 g/mol. The van der Waals surface area contributed by atoms with E-state index in [1.165, 1.54) is 12.1 Å². The Hall–Kier alpha value is -4.94. The Balaban J connectivity index is 0.000000153. The summed E-state index contributed by atoms with van der Waals surface area (Å²) in [5, 5.41) is 24.1. The highest BCUT2D eigenvalue weighted by molar-refractivity contribution is 9.10. The van der Waals surface area contributed by atoms with Gasteiger partial charge in [0.1, 0.15) is 39.4 Å². The Labute approximate surface area is 314 Å². The van der Waals surface area contributed by atoms with Crippen LogP contribution in [0.4, 0.5) is 17.6 Å². The van der Waals surface area contributed by atoms with Gasteiger partial charge in [-0.3, -0.25) is 15.1 Å². The van der Waals surface area contributed by atoms with Crippen LogP contribution < -0.4 is 5.32 Å². The standard InChI is InChI=1S/C18H16F2N2O3.C13H16N2O5.C5H2BrF2N/c1-2-24-18(23)14-7-12(16-13(20)5-9(19)8-21-16)11-6-10-3-4-15(25-10)17(11)22-14;1-2-19-13(16)9-6-10(15(17)18)8-5-7-3-4-11(20-7)12(8)14-9;6-5-4(8)1-3(7)2-9-5/h5,7-8,10,15H,2-4,6H2,1H3;6-7,11,14,16H,2-5H2,1H3;1-2H. The summed E-state index contributed by atoms with van der Waals surface area (Å²) in [6.07, 6.45) is 7.50. The first-order chi connectivity index (χ1) is 25.9. The molecule has 5 aliphatic heterocycles. The molecule has 13 nitrogen and oxygen atoms in total. The second kappa shape index (κ2) is 16.6. The van der Waals surface area contributed by atoms with Crippen LogP contribution in [0.3, 0.4) is 0 Å². The summed E-state index contributed by atoms with van der Waals surface area (Å²) in [4.78, 5) is 34.7. The fraction of sp³-hybridized carbons (Fsp3) is 0.389. The maximum atomic E-state index is 14.3.